The molecule has 148 valence electrons. The van der Waals surface area contributed by atoms with Gasteiger partial charge in [-0.3, -0.25) is 0 Å². The van der Waals surface area contributed by atoms with E-state index in [-0.39, 0.29) is 12.4 Å². The first-order chi connectivity index (χ1) is 13.6. The average molecular weight is 473 g/mol. The summed E-state index contributed by atoms with van der Waals surface area (Å²) in [5.74, 6) is 2.53. The summed E-state index contributed by atoms with van der Waals surface area (Å²) in [6, 6.07) is 14.3. The third kappa shape index (κ3) is 3.45. The Balaban J connectivity index is 0.00000205. The summed E-state index contributed by atoms with van der Waals surface area (Å²) in [7, 11) is 1.67. The highest BCUT2D eigenvalue weighted by Gasteiger charge is 2.24. The van der Waals surface area contributed by atoms with Gasteiger partial charge in [0.25, 0.3) is 0 Å². The number of benzene rings is 2. The first-order valence-corrected chi connectivity index (χ1v) is 9.81. The average Bonchev–Trinajstić information content (AvgIpc) is 3.23. The van der Waals surface area contributed by atoms with Crippen molar-refractivity contribution in [3.63, 3.8) is 0 Å². The number of hydrogen-bond donors (Lipinski definition) is 0. The molecule has 3 heterocycles. The predicted octanol–water partition coefficient (Wildman–Crippen LogP) is 4.58. The molecular formula is C21H19BrClN5O. The maximum absolute atomic E-state index is 5.24. The van der Waals surface area contributed by atoms with Gasteiger partial charge in [0.05, 0.1) is 37.1 Å². The van der Waals surface area contributed by atoms with Crippen molar-refractivity contribution in [3.05, 3.63) is 76.0 Å². The van der Waals surface area contributed by atoms with Gasteiger partial charge in [0.2, 0.25) is 0 Å². The van der Waals surface area contributed by atoms with Gasteiger partial charge in [0.1, 0.15) is 5.75 Å². The van der Waals surface area contributed by atoms with Gasteiger partial charge in [-0.2, -0.15) is 5.10 Å². The molecule has 8 heteroatoms. The highest BCUT2D eigenvalue weighted by atomic mass is 79.9. The molecule has 0 N–H and O–H groups in total. The van der Waals surface area contributed by atoms with Crippen LogP contribution in [0.2, 0.25) is 0 Å². The SMILES string of the molecule is COc1ccc(Cc2nc3n(n2)Cc2c(C)ncn2-c2ccc(Br)cc2-3)cc1.Cl. The molecule has 0 saturated heterocycles. The summed E-state index contributed by atoms with van der Waals surface area (Å²) >= 11 is 3.59. The Bertz CT molecular complexity index is 1180. The van der Waals surface area contributed by atoms with Gasteiger partial charge in [-0.05, 0) is 42.8 Å². The zero-order chi connectivity index (χ0) is 19.3. The summed E-state index contributed by atoms with van der Waals surface area (Å²) < 4.78 is 10.4. The molecule has 0 saturated carbocycles. The second-order valence-corrected chi connectivity index (χ2v) is 7.76. The van der Waals surface area contributed by atoms with Crippen molar-refractivity contribution >= 4 is 28.3 Å². The van der Waals surface area contributed by atoms with Crippen molar-refractivity contribution in [1.29, 1.82) is 0 Å². The van der Waals surface area contributed by atoms with E-state index in [1.165, 1.54) is 0 Å². The van der Waals surface area contributed by atoms with Gasteiger partial charge in [-0.1, -0.05) is 28.1 Å². The van der Waals surface area contributed by atoms with Crippen LogP contribution in [0.25, 0.3) is 17.1 Å². The van der Waals surface area contributed by atoms with E-state index in [0.29, 0.717) is 13.0 Å². The Kier molecular flexibility index (Phi) is 5.19. The van der Waals surface area contributed by atoms with Crippen LogP contribution >= 0.6 is 28.3 Å². The Morgan fingerprint density at radius 3 is 2.69 bits per heavy atom. The molecular weight excluding hydrogens is 454 g/mol. The Labute approximate surface area is 183 Å². The fraction of sp³-hybridized carbons (Fsp3) is 0.190. The highest BCUT2D eigenvalue weighted by molar-refractivity contribution is 9.10. The molecule has 0 amide bonds. The molecule has 4 aromatic rings. The number of nitrogens with zero attached hydrogens (tertiary/aromatic N) is 5. The summed E-state index contributed by atoms with van der Waals surface area (Å²) in [6.07, 6.45) is 2.55. The first kappa shape index (κ1) is 19.7. The van der Waals surface area contributed by atoms with Crippen LogP contribution in [0.5, 0.6) is 5.75 Å². The van der Waals surface area contributed by atoms with Gasteiger partial charge in [-0.15, -0.1) is 12.4 Å². The molecule has 5 rings (SSSR count). The standard InChI is InChI=1S/C21H18BrN5O.ClH/c1-13-19-11-27-21(17-10-15(22)5-8-18(17)26(19)12-23-13)24-20(25-27)9-14-3-6-16(28-2)7-4-14;/h3-8,10,12H,9,11H2,1-2H3;1H. The lowest BCUT2D eigenvalue weighted by molar-refractivity contribution is 0.414. The molecule has 0 spiro atoms. The summed E-state index contributed by atoms with van der Waals surface area (Å²) in [4.78, 5) is 9.39. The summed E-state index contributed by atoms with van der Waals surface area (Å²) in [5, 5.41) is 4.81. The van der Waals surface area contributed by atoms with Crippen molar-refractivity contribution in [3.8, 4) is 22.8 Å². The van der Waals surface area contributed by atoms with E-state index in [1.54, 1.807) is 7.11 Å². The molecule has 0 bridgehead atoms. The van der Waals surface area contributed by atoms with Crippen LogP contribution < -0.4 is 4.74 Å². The van der Waals surface area contributed by atoms with Crippen molar-refractivity contribution in [2.24, 2.45) is 0 Å². The van der Waals surface area contributed by atoms with Crippen LogP contribution in [-0.2, 0) is 13.0 Å². The van der Waals surface area contributed by atoms with E-state index in [2.05, 4.69) is 49.7 Å². The molecule has 2 aromatic heterocycles. The van der Waals surface area contributed by atoms with Gasteiger partial charge in [-0.25, -0.2) is 14.6 Å². The number of hydrogen-bond acceptors (Lipinski definition) is 4. The van der Waals surface area contributed by atoms with Gasteiger partial charge < -0.3 is 9.30 Å². The minimum absolute atomic E-state index is 0. The summed E-state index contributed by atoms with van der Waals surface area (Å²) in [6.45, 7) is 2.67. The largest absolute Gasteiger partial charge is 0.497 e. The number of halogens is 2. The fourth-order valence-corrected chi connectivity index (χ4v) is 3.96. The van der Waals surface area contributed by atoms with Crippen molar-refractivity contribution < 1.29 is 4.74 Å². The van der Waals surface area contributed by atoms with Gasteiger partial charge >= 0.3 is 0 Å². The zero-order valence-corrected chi connectivity index (χ0v) is 18.4. The monoisotopic (exact) mass is 471 g/mol. The normalized spacial score (nSPS) is 11.7. The Hall–Kier alpha value is -2.64. The van der Waals surface area contributed by atoms with E-state index < -0.39 is 0 Å². The molecule has 29 heavy (non-hydrogen) atoms. The lowest BCUT2D eigenvalue weighted by Gasteiger charge is -2.08. The second-order valence-electron chi connectivity index (χ2n) is 6.84. The smallest absolute Gasteiger partial charge is 0.160 e. The highest BCUT2D eigenvalue weighted by Crippen LogP contribution is 2.33. The predicted molar refractivity (Wildman–Crippen MR) is 117 cm³/mol. The number of aryl methyl sites for hydroxylation is 1. The minimum Gasteiger partial charge on any atom is -0.497 e. The maximum atomic E-state index is 5.24. The third-order valence-corrected chi connectivity index (χ3v) is 5.56. The lowest BCUT2D eigenvalue weighted by Crippen LogP contribution is -2.06. The minimum atomic E-state index is 0. The quantitative estimate of drug-likeness (QED) is 0.385. The number of ether oxygens (including phenoxy) is 1. The zero-order valence-electron chi connectivity index (χ0n) is 16.0. The van der Waals surface area contributed by atoms with Crippen LogP contribution in [0.3, 0.4) is 0 Å². The first-order valence-electron chi connectivity index (χ1n) is 9.02. The van der Waals surface area contributed by atoms with Gasteiger partial charge in [0, 0.05) is 16.5 Å². The van der Waals surface area contributed by atoms with Crippen LogP contribution in [0.1, 0.15) is 22.8 Å². The van der Waals surface area contributed by atoms with E-state index in [0.717, 1.165) is 50.1 Å². The Morgan fingerprint density at radius 1 is 1.14 bits per heavy atom. The molecule has 0 aliphatic carbocycles. The number of rotatable bonds is 3. The van der Waals surface area contributed by atoms with Crippen LogP contribution in [0.4, 0.5) is 0 Å². The Morgan fingerprint density at radius 2 is 1.93 bits per heavy atom. The second kappa shape index (κ2) is 7.65. The summed E-state index contributed by atoms with van der Waals surface area (Å²) in [5.41, 5.74) is 5.40. The van der Waals surface area contributed by atoms with Crippen LogP contribution in [0, 0.1) is 6.92 Å². The third-order valence-electron chi connectivity index (χ3n) is 5.07. The molecule has 0 radical (unpaired) electrons. The number of aromatic nitrogens is 5. The molecule has 0 unspecified atom stereocenters. The molecule has 0 atom stereocenters. The van der Waals surface area contributed by atoms with Gasteiger partial charge in [0.15, 0.2) is 11.6 Å². The van der Waals surface area contributed by atoms with Crippen molar-refractivity contribution in [1.82, 2.24) is 24.3 Å². The number of methoxy groups -OCH3 is 1. The molecule has 1 aliphatic heterocycles. The van der Waals surface area contributed by atoms with E-state index >= 15 is 0 Å². The van der Waals surface area contributed by atoms with E-state index in [4.69, 9.17) is 14.8 Å². The van der Waals surface area contributed by atoms with E-state index in [9.17, 15) is 0 Å². The molecule has 1 aliphatic rings. The van der Waals surface area contributed by atoms with Crippen LogP contribution in [-0.4, -0.2) is 31.4 Å². The van der Waals surface area contributed by atoms with E-state index in [1.807, 2.05) is 36.1 Å². The maximum Gasteiger partial charge on any atom is 0.160 e. The fourth-order valence-electron chi connectivity index (χ4n) is 3.60. The topological polar surface area (TPSA) is 57.8 Å². The molecule has 2 aromatic carbocycles. The lowest BCUT2D eigenvalue weighted by atomic mass is 10.1. The molecule has 0 fully saturated rings. The van der Waals surface area contributed by atoms with Crippen molar-refractivity contribution in [2.75, 3.05) is 7.11 Å². The number of fused-ring (bicyclic) bond motifs is 5. The van der Waals surface area contributed by atoms with Crippen molar-refractivity contribution in [2.45, 2.75) is 19.9 Å². The molecule has 6 nitrogen and oxygen atoms in total. The van der Waals surface area contributed by atoms with Crippen LogP contribution in [0.15, 0.2) is 53.3 Å². The number of imidazole rings is 1.